The van der Waals surface area contributed by atoms with Crippen LogP contribution in [0.2, 0.25) is 0 Å². The molecule has 3 aromatic rings. The van der Waals surface area contributed by atoms with E-state index in [0.29, 0.717) is 11.6 Å². The Bertz CT molecular complexity index is 984. The molecule has 1 unspecified atom stereocenters. The van der Waals surface area contributed by atoms with Gasteiger partial charge in [0.05, 0.1) is 11.0 Å². The maximum atomic E-state index is 11.4. The molecule has 29 heavy (non-hydrogen) atoms. The minimum absolute atomic E-state index is 0.247. The molecule has 2 aromatic carbocycles. The van der Waals surface area contributed by atoms with Crippen molar-refractivity contribution in [2.24, 2.45) is 0 Å². The van der Waals surface area contributed by atoms with E-state index >= 15 is 0 Å². The summed E-state index contributed by atoms with van der Waals surface area (Å²) in [5, 5.41) is 22.4. The molecule has 0 saturated carbocycles. The lowest BCUT2D eigenvalue weighted by Gasteiger charge is -2.29. The molecule has 3 rings (SSSR count). The second kappa shape index (κ2) is 7.49. The first-order valence-corrected chi connectivity index (χ1v) is 10.5. The van der Waals surface area contributed by atoms with E-state index < -0.39 is 6.10 Å². The molecule has 1 aromatic heterocycles. The number of benzene rings is 2. The fourth-order valence-electron chi connectivity index (χ4n) is 3.87. The molecule has 0 fully saturated rings. The molecule has 2 N–H and O–H groups in total. The molecule has 0 aliphatic heterocycles. The van der Waals surface area contributed by atoms with Gasteiger partial charge in [0.2, 0.25) is 0 Å². The average Bonchev–Trinajstić information content (AvgIpc) is 2.98. The number of aliphatic hydroxyl groups is 1. The quantitative estimate of drug-likeness (QED) is 0.585. The molecule has 1 heterocycles. The summed E-state index contributed by atoms with van der Waals surface area (Å²) < 4.78 is 2.11. The number of rotatable bonds is 4. The van der Waals surface area contributed by atoms with Gasteiger partial charge in [0.1, 0.15) is 17.7 Å². The van der Waals surface area contributed by atoms with Crippen molar-refractivity contribution in [3.05, 3.63) is 58.9 Å². The summed E-state index contributed by atoms with van der Waals surface area (Å²) in [5.41, 5.74) is 3.89. The lowest BCUT2D eigenvalue weighted by Crippen LogP contribution is -2.19. The highest BCUT2D eigenvalue weighted by Crippen LogP contribution is 2.41. The first-order valence-electron chi connectivity index (χ1n) is 10.5. The number of fused-ring (bicyclic) bond motifs is 1. The molecular formula is C25H34N2O2. The maximum absolute atomic E-state index is 11.4. The molecule has 0 aliphatic rings. The average molecular weight is 395 g/mol. The van der Waals surface area contributed by atoms with E-state index in [0.717, 1.165) is 40.7 Å². The minimum Gasteiger partial charge on any atom is -0.507 e. The van der Waals surface area contributed by atoms with Crippen LogP contribution in [0.5, 0.6) is 5.75 Å². The van der Waals surface area contributed by atoms with E-state index in [4.69, 9.17) is 4.98 Å². The van der Waals surface area contributed by atoms with E-state index in [1.54, 1.807) is 0 Å². The Labute approximate surface area is 174 Å². The Hall–Kier alpha value is -2.33. The molecule has 156 valence electrons. The Balaban J connectivity index is 2.23. The zero-order valence-electron chi connectivity index (χ0n) is 18.7. The number of aromatic nitrogens is 2. The van der Waals surface area contributed by atoms with Crippen molar-refractivity contribution in [1.29, 1.82) is 0 Å². The third-order valence-electron chi connectivity index (χ3n) is 5.44. The van der Waals surface area contributed by atoms with Crippen molar-refractivity contribution in [2.75, 3.05) is 0 Å². The Morgan fingerprint density at radius 2 is 1.52 bits per heavy atom. The van der Waals surface area contributed by atoms with E-state index in [1.165, 1.54) is 0 Å². The van der Waals surface area contributed by atoms with E-state index in [9.17, 15) is 10.2 Å². The molecule has 0 saturated heterocycles. The number of nitrogens with zero attached hydrogens (tertiary/aromatic N) is 2. The number of phenols is 1. The zero-order chi connectivity index (χ0) is 21.6. The first kappa shape index (κ1) is 21.4. The summed E-state index contributed by atoms with van der Waals surface area (Å²) in [4.78, 5) is 4.76. The Kier molecular flexibility index (Phi) is 5.52. The number of aryl methyl sites for hydroxylation is 1. The molecule has 0 radical (unpaired) electrons. The molecule has 0 amide bonds. The largest absolute Gasteiger partial charge is 0.507 e. The summed E-state index contributed by atoms with van der Waals surface area (Å²) in [6.07, 6.45) is 0.0904. The van der Waals surface area contributed by atoms with Gasteiger partial charge in [-0.2, -0.15) is 0 Å². The molecule has 4 heteroatoms. The summed E-state index contributed by atoms with van der Waals surface area (Å²) in [7, 11) is 0. The number of phenolic OH excluding ortho intramolecular Hbond substituents is 1. The topological polar surface area (TPSA) is 58.3 Å². The molecule has 4 nitrogen and oxygen atoms in total. The van der Waals surface area contributed by atoms with Crippen LogP contribution in [0.1, 0.15) is 83.5 Å². The van der Waals surface area contributed by atoms with Crippen LogP contribution < -0.4 is 0 Å². The van der Waals surface area contributed by atoms with Gasteiger partial charge in [-0.3, -0.25) is 0 Å². The highest BCUT2D eigenvalue weighted by molar-refractivity contribution is 5.76. The van der Waals surface area contributed by atoms with Crippen LogP contribution >= 0.6 is 0 Å². The van der Waals surface area contributed by atoms with Gasteiger partial charge in [-0.25, -0.2) is 4.98 Å². The Morgan fingerprint density at radius 3 is 2.03 bits per heavy atom. The standard InChI is InChI=1S/C25H34N2O2/c1-8-13-27-20-12-10-9-11-19(20)26-23(27)21(28)16-14-17(24(2,3)4)22(29)18(15-16)25(5,6)7/h9-12,14-15,21,28-29H,8,13H2,1-7H3. The first-order chi connectivity index (χ1) is 13.4. The van der Waals surface area contributed by atoms with Crippen molar-refractivity contribution in [3.8, 4) is 5.75 Å². The molecule has 0 aliphatic carbocycles. The zero-order valence-corrected chi connectivity index (χ0v) is 18.7. The number of aromatic hydroxyl groups is 1. The van der Waals surface area contributed by atoms with E-state index in [1.807, 2.05) is 36.4 Å². The highest BCUT2D eigenvalue weighted by atomic mass is 16.3. The lowest BCUT2D eigenvalue weighted by molar-refractivity contribution is 0.204. The monoisotopic (exact) mass is 394 g/mol. The van der Waals surface area contributed by atoms with Gasteiger partial charge in [0.15, 0.2) is 0 Å². The maximum Gasteiger partial charge on any atom is 0.143 e. The van der Waals surface area contributed by atoms with Crippen LogP contribution in [0.25, 0.3) is 11.0 Å². The number of hydrogen-bond donors (Lipinski definition) is 2. The van der Waals surface area contributed by atoms with E-state index in [2.05, 4.69) is 53.0 Å². The van der Waals surface area contributed by atoms with Crippen molar-refractivity contribution in [1.82, 2.24) is 9.55 Å². The van der Waals surface area contributed by atoms with Gasteiger partial charge < -0.3 is 14.8 Å². The highest BCUT2D eigenvalue weighted by Gasteiger charge is 2.29. The van der Waals surface area contributed by atoms with Gasteiger partial charge in [-0.15, -0.1) is 0 Å². The third kappa shape index (κ3) is 4.04. The molecule has 0 spiro atoms. The van der Waals surface area contributed by atoms with Gasteiger partial charge in [0.25, 0.3) is 0 Å². The van der Waals surface area contributed by atoms with Crippen molar-refractivity contribution >= 4 is 11.0 Å². The molecular weight excluding hydrogens is 360 g/mol. The van der Waals surface area contributed by atoms with Crippen LogP contribution in [0, 0.1) is 0 Å². The lowest BCUT2D eigenvalue weighted by atomic mass is 9.78. The summed E-state index contributed by atoms with van der Waals surface area (Å²) in [6, 6.07) is 11.9. The second-order valence-electron chi connectivity index (χ2n) is 9.98. The summed E-state index contributed by atoms with van der Waals surface area (Å²) in [6.45, 7) is 15.4. The fraction of sp³-hybridized carbons (Fsp3) is 0.480. The normalized spacial score (nSPS) is 13.8. The number of hydrogen-bond acceptors (Lipinski definition) is 3. The van der Waals surface area contributed by atoms with Gasteiger partial charge in [-0.05, 0) is 58.2 Å². The Morgan fingerprint density at radius 1 is 0.966 bits per heavy atom. The van der Waals surface area contributed by atoms with Crippen LogP contribution in [0.3, 0.4) is 0 Å². The number of para-hydroxylation sites is 2. The number of aliphatic hydroxyl groups excluding tert-OH is 1. The van der Waals surface area contributed by atoms with Crippen molar-refractivity contribution in [3.63, 3.8) is 0 Å². The van der Waals surface area contributed by atoms with Crippen molar-refractivity contribution < 1.29 is 10.2 Å². The van der Waals surface area contributed by atoms with Gasteiger partial charge in [0, 0.05) is 6.54 Å². The van der Waals surface area contributed by atoms with Crippen LogP contribution in [0.15, 0.2) is 36.4 Å². The summed E-state index contributed by atoms with van der Waals surface area (Å²) >= 11 is 0. The number of imidazole rings is 1. The predicted octanol–water partition coefficient (Wildman–Crippen LogP) is 5.83. The predicted molar refractivity (Wildman–Crippen MR) is 120 cm³/mol. The molecule has 0 bridgehead atoms. The van der Waals surface area contributed by atoms with E-state index in [-0.39, 0.29) is 10.8 Å². The van der Waals surface area contributed by atoms with Gasteiger partial charge >= 0.3 is 0 Å². The van der Waals surface area contributed by atoms with Crippen molar-refractivity contribution in [2.45, 2.75) is 78.4 Å². The SMILES string of the molecule is CCCn1c(C(O)c2cc(C(C)(C)C)c(O)c(C(C)(C)C)c2)nc2ccccc21. The smallest absolute Gasteiger partial charge is 0.143 e. The van der Waals surface area contributed by atoms with Gasteiger partial charge in [-0.1, -0.05) is 60.6 Å². The van der Waals surface area contributed by atoms with Crippen LogP contribution in [0.4, 0.5) is 0 Å². The second-order valence-corrected chi connectivity index (χ2v) is 9.98. The molecule has 1 atom stereocenters. The van der Waals surface area contributed by atoms with Crippen LogP contribution in [-0.4, -0.2) is 19.8 Å². The fourth-order valence-corrected chi connectivity index (χ4v) is 3.87. The minimum atomic E-state index is -0.864. The third-order valence-corrected chi connectivity index (χ3v) is 5.44. The summed E-state index contributed by atoms with van der Waals surface area (Å²) in [5.74, 6) is 0.974. The van der Waals surface area contributed by atoms with Crippen LogP contribution in [-0.2, 0) is 17.4 Å².